The number of hydrogen-bond acceptors (Lipinski definition) is 7. The Kier molecular flexibility index (Phi) is 8.51. The van der Waals surface area contributed by atoms with Crippen molar-refractivity contribution in [2.45, 2.75) is 32.1 Å². The van der Waals surface area contributed by atoms with Crippen molar-refractivity contribution in [2.75, 3.05) is 53.4 Å². The first kappa shape index (κ1) is 25.9. The van der Waals surface area contributed by atoms with Gasteiger partial charge in [0.2, 0.25) is 5.91 Å². The molecule has 0 unspecified atom stereocenters. The fraction of sp³-hybridized carbons (Fsp3) is 0.448. The summed E-state index contributed by atoms with van der Waals surface area (Å²) in [5, 5.41) is 2.10. The summed E-state index contributed by atoms with van der Waals surface area (Å²) in [6.45, 7) is 7.40. The van der Waals surface area contributed by atoms with Gasteiger partial charge >= 0.3 is 0 Å². The van der Waals surface area contributed by atoms with Gasteiger partial charge in [-0.05, 0) is 49.3 Å². The van der Waals surface area contributed by atoms with E-state index in [1.165, 1.54) is 16.7 Å². The Morgan fingerprint density at radius 1 is 1.08 bits per heavy atom. The molecular weight excluding hydrogens is 482 g/mol. The molecular formula is C29H37N5O2S. The fourth-order valence-electron chi connectivity index (χ4n) is 5.32. The van der Waals surface area contributed by atoms with Crippen molar-refractivity contribution in [1.29, 1.82) is 0 Å². The van der Waals surface area contributed by atoms with E-state index in [0.717, 1.165) is 70.2 Å². The third-order valence-electron chi connectivity index (χ3n) is 7.40. The molecule has 3 aromatic rings. The van der Waals surface area contributed by atoms with Crippen molar-refractivity contribution in [3.63, 3.8) is 0 Å². The lowest BCUT2D eigenvalue weighted by Crippen LogP contribution is -2.56. The first-order valence-corrected chi connectivity index (χ1v) is 14.0. The molecule has 1 aromatic heterocycles. The highest BCUT2D eigenvalue weighted by atomic mass is 32.1. The van der Waals surface area contributed by atoms with Gasteiger partial charge in [0.05, 0.1) is 17.2 Å². The molecule has 1 saturated heterocycles. The highest BCUT2D eigenvalue weighted by Gasteiger charge is 2.33. The average Bonchev–Trinajstić information content (AvgIpc) is 3.41. The van der Waals surface area contributed by atoms with Gasteiger partial charge in [-0.1, -0.05) is 36.4 Å². The minimum Gasteiger partial charge on any atom is -0.492 e. The molecule has 2 aliphatic rings. The summed E-state index contributed by atoms with van der Waals surface area (Å²) in [5.74, 6) is 1.18. The zero-order valence-corrected chi connectivity index (χ0v) is 22.7. The topological polar surface area (TPSA) is 52.2 Å². The lowest BCUT2D eigenvalue weighted by molar-refractivity contribution is -0.138. The van der Waals surface area contributed by atoms with Crippen molar-refractivity contribution < 1.29 is 9.53 Å². The third kappa shape index (κ3) is 6.76. The van der Waals surface area contributed by atoms with E-state index in [1.54, 1.807) is 11.3 Å². The van der Waals surface area contributed by atoms with Crippen molar-refractivity contribution in [2.24, 2.45) is 0 Å². The van der Waals surface area contributed by atoms with Gasteiger partial charge in [-0.3, -0.25) is 19.5 Å². The van der Waals surface area contributed by atoms with Crippen LogP contribution in [0.3, 0.4) is 0 Å². The van der Waals surface area contributed by atoms with Gasteiger partial charge in [0.1, 0.15) is 12.4 Å². The first-order chi connectivity index (χ1) is 18.0. The number of carbonyl (C=O) groups excluding carboxylic acids is 1. The predicted molar refractivity (Wildman–Crippen MR) is 148 cm³/mol. The van der Waals surface area contributed by atoms with Crippen LogP contribution >= 0.6 is 11.3 Å². The number of hydrogen-bond donors (Lipinski definition) is 0. The van der Waals surface area contributed by atoms with Crippen LogP contribution in [0.15, 0.2) is 59.4 Å². The van der Waals surface area contributed by atoms with Crippen LogP contribution in [-0.4, -0.2) is 90.0 Å². The van der Waals surface area contributed by atoms with E-state index in [4.69, 9.17) is 4.74 Å². The number of amides is 1. The Balaban J connectivity index is 1.04. The van der Waals surface area contributed by atoms with Gasteiger partial charge in [0.15, 0.2) is 0 Å². The molecule has 5 rings (SSSR count). The summed E-state index contributed by atoms with van der Waals surface area (Å²) in [6, 6.07) is 16.8. The third-order valence-corrected chi connectivity index (χ3v) is 8.03. The number of benzene rings is 2. The van der Waals surface area contributed by atoms with E-state index in [9.17, 15) is 4.79 Å². The molecule has 2 aliphatic heterocycles. The number of ether oxygens (including phenoxy) is 1. The smallest absolute Gasteiger partial charge is 0.240 e. The molecule has 37 heavy (non-hydrogen) atoms. The quantitative estimate of drug-likeness (QED) is 0.432. The van der Waals surface area contributed by atoms with Crippen LogP contribution < -0.4 is 4.74 Å². The summed E-state index contributed by atoms with van der Waals surface area (Å²) in [4.78, 5) is 26.6. The van der Waals surface area contributed by atoms with E-state index < -0.39 is 0 Å². The Morgan fingerprint density at radius 3 is 2.68 bits per heavy atom. The van der Waals surface area contributed by atoms with Crippen LogP contribution in [0, 0.1) is 0 Å². The van der Waals surface area contributed by atoms with E-state index >= 15 is 0 Å². The van der Waals surface area contributed by atoms with Crippen molar-refractivity contribution in [1.82, 2.24) is 24.6 Å². The second-order valence-electron chi connectivity index (χ2n) is 10.2. The second-order valence-corrected chi connectivity index (χ2v) is 10.9. The SMILES string of the molecule is CN(Cc1cccc(OCCN2CCN(C(=O)[C@@H]3Cc4ccccc4CN3C)CC2)c1)Cc1cscn1. The summed E-state index contributed by atoms with van der Waals surface area (Å²) in [6.07, 6.45) is 0.805. The molecule has 0 aliphatic carbocycles. The van der Waals surface area contributed by atoms with Gasteiger partial charge in [0.25, 0.3) is 0 Å². The highest BCUT2D eigenvalue weighted by Crippen LogP contribution is 2.23. The standard InChI is InChI=1S/C29H37N5O2S/c1-31(20-26-21-37-22-30-26)18-23-6-5-9-27(16-23)36-15-14-33-10-12-34(13-11-33)29(35)28-17-24-7-3-4-8-25(24)19-32(28)2/h3-9,16,21-22,28H,10-15,17-20H2,1-2H3/t28-/m0/s1. The van der Waals surface area contributed by atoms with Crippen LogP contribution in [0.5, 0.6) is 5.75 Å². The summed E-state index contributed by atoms with van der Waals surface area (Å²) in [5.41, 5.74) is 6.87. The molecule has 7 nitrogen and oxygen atoms in total. The zero-order chi connectivity index (χ0) is 25.6. The second kappa shape index (κ2) is 12.2. The number of aromatic nitrogens is 1. The van der Waals surface area contributed by atoms with E-state index in [-0.39, 0.29) is 11.9 Å². The molecule has 0 radical (unpaired) electrons. The molecule has 0 bridgehead atoms. The lowest BCUT2D eigenvalue weighted by atomic mass is 9.93. The maximum Gasteiger partial charge on any atom is 0.240 e. The minimum absolute atomic E-state index is 0.0578. The van der Waals surface area contributed by atoms with Gasteiger partial charge < -0.3 is 9.64 Å². The van der Waals surface area contributed by atoms with Crippen molar-refractivity contribution >= 4 is 17.2 Å². The van der Waals surface area contributed by atoms with Gasteiger partial charge in [-0.15, -0.1) is 11.3 Å². The molecule has 1 fully saturated rings. The van der Waals surface area contributed by atoms with Gasteiger partial charge in [-0.2, -0.15) is 0 Å². The Labute approximate surface area is 224 Å². The van der Waals surface area contributed by atoms with Crippen LogP contribution in [0.1, 0.15) is 22.4 Å². The Morgan fingerprint density at radius 2 is 1.89 bits per heavy atom. The van der Waals surface area contributed by atoms with Gasteiger partial charge in [0, 0.05) is 57.7 Å². The van der Waals surface area contributed by atoms with Crippen LogP contribution in [0.25, 0.3) is 0 Å². The zero-order valence-electron chi connectivity index (χ0n) is 21.9. The molecule has 8 heteroatoms. The number of piperazine rings is 1. The largest absolute Gasteiger partial charge is 0.492 e. The number of fused-ring (bicyclic) bond motifs is 1. The summed E-state index contributed by atoms with van der Waals surface area (Å²) < 4.78 is 6.10. The first-order valence-electron chi connectivity index (χ1n) is 13.1. The van der Waals surface area contributed by atoms with Crippen molar-refractivity contribution in [3.8, 4) is 5.75 Å². The molecule has 1 amide bonds. The Hall–Kier alpha value is -2.78. The maximum atomic E-state index is 13.3. The molecule has 2 aromatic carbocycles. The predicted octanol–water partition coefficient (Wildman–Crippen LogP) is 3.35. The molecule has 0 N–H and O–H groups in total. The number of rotatable bonds is 9. The van der Waals surface area contributed by atoms with Crippen LogP contribution in [0.4, 0.5) is 0 Å². The van der Waals surface area contributed by atoms with Crippen molar-refractivity contribution in [3.05, 3.63) is 81.8 Å². The molecule has 0 spiro atoms. The van der Waals surface area contributed by atoms with E-state index in [1.807, 2.05) is 11.6 Å². The highest BCUT2D eigenvalue weighted by molar-refractivity contribution is 7.07. The van der Waals surface area contributed by atoms with E-state index in [0.29, 0.717) is 6.61 Å². The summed E-state index contributed by atoms with van der Waals surface area (Å²) >= 11 is 1.63. The van der Waals surface area contributed by atoms with Crippen LogP contribution in [-0.2, 0) is 30.8 Å². The lowest BCUT2D eigenvalue weighted by Gasteiger charge is -2.40. The number of nitrogens with zero attached hydrogens (tertiary/aromatic N) is 5. The average molecular weight is 520 g/mol. The molecule has 196 valence electrons. The maximum absolute atomic E-state index is 13.3. The number of thiazole rings is 1. The fourth-order valence-corrected chi connectivity index (χ4v) is 5.87. The number of carbonyl (C=O) groups is 1. The Bertz CT molecular complexity index is 1160. The molecule has 1 atom stereocenters. The summed E-state index contributed by atoms with van der Waals surface area (Å²) in [7, 11) is 4.18. The van der Waals surface area contributed by atoms with E-state index in [2.05, 4.69) is 86.5 Å². The monoisotopic (exact) mass is 519 g/mol. The minimum atomic E-state index is -0.0578. The number of likely N-dealkylation sites (N-methyl/N-ethyl adjacent to an activating group) is 1. The molecule has 0 saturated carbocycles. The normalized spacial score (nSPS) is 18.7. The molecule has 3 heterocycles. The van der Waals surface area contributed by atoms with Crippen LogP contribution in [0.2, 0.25) is 0 Å². The van der Waals surface area contributed by atoms with Gasteiger partial charge in [-0.25, -0.2) is 4.98 Å².